The number of rotatable bonds is 4. The van der Waals surface area contributed by atoms with E-state index in [-0.39, 0.29) is 11.4 Å². The molecule has 20 heavy (non-hydrogen) atoms. The van der Waals surface area contributed by atoms with E-state index in [0.29, 0.717) is 11.3 Å². The molecule has 3 nitrogen and oxygen atoms in total. The van der Waals surface area contributed by atoms with Crippen LogP contribution in [0.3, 0.4) is 0 Å². The Balaban J connectivity index is 2.41. The molecular weight excluding hydrogens is 257 g/mol. The van der Waals surface area contributed by atoms with Gasteiger partial charge in [0.2, 0.25) is 0 Å². The van der Waals surface area contributed by atoms with Crippen LogP contribution in [-0.2, 0) is 0 Å². The number of hydrogen-bond acceptors (Lipinski definition) is 3. The van der Waals surface area contributed by atoms with E-state index in [1.807, 2.05) is 14.1 Å². The van der Waals surface area contributed by atoms with Gasteiger partial charge in [0.25, 0.3) is 0 Å². The van der Waals surface area contributed by atoms with E-state index in [1.54, 1.807) is 13.2 Å². The summed E-state index contributed by atoms with van der Waals surface area (Å²) < 4.78 is 18.8. The van der Waals surface area contributed by atoms with Gasteiger partial charge < -0.3 is 14.7 Å². The minimum Gasteiger partial charge on any atom is -0.496 e. The molecule has 112 valence electrons. The van der Waals surface area contributed by atoms with Crippen LogP contribution in [0.2, 0.25) is 0 Å². The summed E-state index contributed by atoms with van der Waals surface area (Å²) in [6.45, 7) is 0. The molecule has 1 saturated carbocycles. The Morgan fingerprint density at radius 3 is 2.45 bits per heavy atom. The van der Waals surface area contributed by atoms with E-state index >= 15 is 0 Å². The molecule has 0 radical (unpaired) electrons. The fourth-order valence-corrected chi connectivity index (χ4v) is 3.34. The van der Waals surface area contributed by atoms with E-state index in [1.165, 1.54) is 18.6 Å². The minimum absolute atomic E-state index is 0.334. The zero-order valence-corrected chi connectivity index (χ0v) is 12.5. The normalized spacial score (nSPS) is 19.9. The number of methoxy groups -OCH3 is 1. The van der Waals surface area contributed by atoms with E-state index in [9.17, 15) is 9.50 Å². The topological polar surface area (TPSA) is 32.7 Å². The van der Waals surface area contributed by atoms with Gasteiger partial charge >= 0.3 is 0 Å². The van der Waals surface area contributed by atoms with Crippen molar-refractivity contribution >= 4 is 0 Å². The zero-order chi connectivity index (χ0) is 14.8. The van der Waals surface area contributed by atoms with Gasteiger partial charge in [0, 0.05) is 5.56 Å². The summed E-state index contributed by atoms with van der Waals surface area (Å²) in [5.41, 5.74) is 0.211. The van der Waals surface area contributed by atoms with E-state index in [2.05, 4.69) is 4.90 Å². The lowest BCUT2D eigenvalue weighted by Gasteiger charge is -2.46. The molecule has 1 aliphatic rings. The quantitative estimate of drug-likeness (QED) is 0.920. The summed E-state index contributed by atoms with van der Waals surface area (Å²) in [7, 11) is 5.52. The third-order valence-electron chi connectivity index (χ3n) is 4.61. The van der Waals surface area contributed by atoms with Crippen LogP contribution in [0.25, 0.3) is 0 Å². The van der Waals surface area contributed by atoms with Crippen LogP contribution < -0.4 is 4.74 Å². The summed E-state index contributed by atoms with van der Waals surface area (Å²) in [5.74, 6) is 0.204. The van der Waals surface area contributed by atoms with E-state index in [4.69, 9.17) is 4.74 Å². The lowest BCUT2D eigenvalue weighted by Crippen LogP contribution is -2.50. The lowest BCUT2D eigenvalue weighted by molar-refractivity contribution is -0.0347. The molecule has 0 aromatic heterocycles. The Labute approximate surface area is 120 Å². The van der Waals surface area contributed by atoms with Crippen molar-refractivity contribution in [2.45, 2.75) is 43.7 Å². The molecule has 0 bridgehead atoms. The summed E-state index contributed by atoms with van der Waals surface area (Å²) in [6.07, 6.45) is 4.47. The summed E-state index contributed by atoms with van der Waals surface area (Å²) in [6, 6.07) is 4.34. The highest BCUT2D eigenvalue weighted by molar-refractivity contribution is 5.37. The van der Waals surface area contributed by atoms with Gasteiger partial charge in [-0.15, -0.1) is 0 Å². The SMILES string of the molecule is COc1ccc(F)cc1C(O)C1(N(C)C)CCCCC1. The molecule has 1 unspecified atom stereocenters. The van der Waals surface area contributed by atoms with Crippen molar-refractivity contribution in [2.75, 3.05) is 21.2 Å². The molecule has 2 rings (SSSR count). The number of likely N-dealkylation sites (N-methyl/N-ethyl adjacent to an activating group) is 1. The molecule has 0 saturated heterocycles. The minimum atomic E-state index is -0.747. The summed E-state index contributed by atoms with van der Waals surface area (Å²) in [5, 5.41) is 10.9. The van der Waals surface area contributed by atoms with Gasteiger partial charge in [0.15, 0.2) is 0 Å². The highest BCUT2D eigenvalue weighted by Gasteiger charge is 2.42. The van der Waals surface area contributed by atoms with Crippen molar-refractivity contribution in [3.8, 4) is 5.75 Å². The first kappa shape index (κ1) is 15.3. The molecule has 1 fully saturated rings. The Morgan fingerprint density at radius 1 is 1.25 bits per heavy atom. The number of hydrogen-bond donors (Lipinski definition) is 1. The van der Waals surface area contributed by atoms with Gasteiger partial charge in [0.1, 0.15) is 17.7 Å². The highest BCUT2D eigenvalue weighted by Crippen LogP contribution is 2.44. The van der Waals surface area contributed by atoms with Crippen LogP contribution in [0, 0.1) is 5.82 Å². The van der Waals surface area contributed by atoms with Crippen LogP contribution in [0.15, 0.2) is 18.2 Å². The Hall–Kier alpha value is -1.13. The predicted octanol–water partition coefficient (Wildman–Crippen LogP) is 3.13. The number of benzene rings is 1. The number of halogens is 1. The largest absolute Gasteiger partial charge is 0.496 e. The lowest BCUT2D eigenvalue weighted by atomic mass is 9.74. The molecule has 1 aromatic carbocycles. The van der Waals surface area contributed by atoms with E-state index in [0.717, 1.165) is 25.7 Å². The van der Waals surface area contributed by atoms with Crippen LogP contribution in [-0.4, -0.2) is 36.8 Å². The van der Waals surface area contributed by atoms with Crippen molar-refractivity contribution in [2.24, 2.45) is 0 Å². The Kier molecular flexibility index (Phi) is 4.66. The van der Waals surface area contributed by atoms with E-state index < -0.39 is 6.10 Å². The monoisotopic (exact) mass is 281 g/mol. The molecular formula is C16H24FNO2. The fourth-order valence-electron chi connectivity index (χ4n) is 3.34. The van der Waals surface area contributed by atoms with Crippen LogP contribution in [0.5, 0.6) is 5.75 Å². The standard InChI is InChI=1S/C16H24FNO2/c1-18(2)16(9-5-4-6-10-16)15(19)13-11-12(17)7-8-14(13)20-3/h7-8,11,15,19H,4-6,9-10H2,1-3H3. The van der Waals surface area contributed by atoms with Crippen LogP contribution >= 0.6 is 0 Å². The number of aliphatic hydroxyl groups is 1. The molecule has 0 aliphatic heterocycles. The van der Waals surface area contributed by atoms with Crippen molar-refractivity contribution in [3.05, 3.63) is 29.6 Å². The highest BCUT2D eigenvalue weighted by atomic mass is 19.1. The number of aliphatic hydroxyl groups excluding tert-OH is 1. The first-order valence-electron chi connectivity index (χ1n) is 7.20. The summed E-state index contributed by atoms with van der Waals surface area (Å²) in [4.78, 5) is 2.08. The Bertz CT molecular complexity index is 456. The van der Waals surface area contributed by atoms with Gasteiger partial charge in [-0.3, -0.25) is 0 Å². The second-order valence-electron chi connectivity index (χ2n) is 5.85. The molecule has 0 heterocycles. The molecule has 4 heteroatoms. The maximum Gasteiger partial charge on any atom is 0.124 e. The number of ether oxygens (including phenoxy) is 1. The third-order valence-corrected chi connectivity index (χ3v) is 4.61. The van der Waals surface area contributed by atoms with Gasteiger partial charge in [-0.05, 0) is 45.1 Å². The predicted molar refractivity (Wildman–Crippen MR) is 77.4 cm³/mol. The molecule has 1 aliphatic carbocycles. The van der Waals surface area contributed by atoms with Gasteiger partial charge in [-0.1, -0.05) is 19.3 Å². The maximum absolute atomic E-state index is 13.6. The number of nitrogens with zero attached hydrogens (tertiary/aromatic N) is 1. The van der Waals surface area contributed by atoms with Crippen molar-refractivity contribution in [1.29, 1.82) is 0 Å². The van der Waals surface area contributed by atoms with Crippen molar-refractivity contribution in [3.63, 3.8) is 0 Å². The van der Waals surface area contributed by atoms with Gasteiger partial charge in [0.05, 0.1) is 12.6 Å². The smallest absolute Gasteiger partial charge is 0.124 e. The van der Waals surface area contributed by atoms with Gasteiger partial charge in [-0.25, -0.2) is 4.39 Å². The zero-order valence-electron chi connectivity index (χ0n) is 12.5. The van der Waals surface area contributed by atoms with Crippen molar-refractivity contribution in [1.82, 2.24) is 4.90 Å². The van der Waals surface area contributed by atoms with Crippen LogP contribution in [0.1, 0.15) is 43.8 Å². The molecule has 1 atom stereocenters. The molecule has 0 spiro atoms. The molecule has 0 amide bonds. The fraction of sp³-hybridized carbons (Fsp3) is 0.625. The average molecular weight is 281 g/mol. The third kappa shape index (κ3) is 2.67. The first-order valence-corrected chi connectivity index (χ1v) is 7.20. The first-order chi connectivity index (χ1) is 9.51. The molecule has 1 aromatic rings. The van der Waals surface area contributed by atoms with Crippen molar-refractivity contribution < 1.29 is 14.2 Å². The second kappa shape index (κ2) is 6.10. The Morgan fingerprint density at radius 2 is 1.90 bits per heavy atom. The molecule has 1 N–H and O–H groups in total. The van der Waals surface area contributed by atoms with Crippen LogP contribution in [0.4, 0.5) is 4.39 Å². The maximum atomic E-state index is 13.6. The average Bonchev–Trinajstić information content (AvgIpc) is 2.47. The second-order valence-corrected chi connectivity index (χ2v) is 5.85. The summed E-state index contributed by atoms with van der Waals surface area (Å²) >= 11 is 0. The van der Waals surface area contributed by atoms with Gasteiger partial charge in [-0.2, -0.15) is 0 Å².